The lowest BCUT2D eigenvalue weighted by atomic mass is 10.2. The Kier molecular flexibility index (Phi) is 4.59. The van der Waals surface area contributed by atoms with Gasteiger partial charge in [-0.05, 0) is 37.6 Å². The van der Waals surface area contributed by atoms with Crippen molar-refractivity contribution >= 4 is 34.4 Å². The lowest BCUT2D eigenvalue weighted by Crippen LogP contribution is -2.23. The number of nitrogens with zero attached hydrogens (tertiary/aromatic N) is 1. The van der Waals surface area contributed by atoms with Gasteiger partial charge in [-0.3, -0.25) is 14.9 Å². The summed E-state index contributed by atoms with van der Waals surface area (Å²) >= 11 is 6.94. The molecule has 0 aliphatic heterocycles. The Morgan fingerprint density at radius 3 is 2.67 bits per heavy atom. The molecule has 7 heteroatoms. The smallest absolute Gasteiger partial charge is 0.311 e. The van der Waals surface area contributed by atoms with Crippen LogP contribution in [-0.2, 0) is 0 Å². The van der Waals surface area contributed by atoms with Crippen molar-refractivity contribution in [3.8, 4) is 5.75 Å². The molecule has 0 fully saturated rings. The summed E-state index contributed by atoms with van der Waals surface area (Å²) in [5.74, 6) is -0.184. The van der Waals surface area contributed by atoms with Crippen LogP contribution in [0.4, 0.5) is 5.69 Å². The van der Waals surface area contributed by atoms with Crippen molar-refractivity contribution in [1.29, 1.82) is 0 Å². The van der Waals surface area contributed by atoms with E-state index in [1.54, 1.807) is 32.0 Å². The van der Waals surface area contributed by atoms with Crippen LogP contribution in [0.2, 0.25) is 4.34 Å². The van der Waals surface area contributed by atoms with Crippen LogP contribution in [0.3, 0.4) is 0 Å². The van der Waals surface area contributed by atoms with E-state index >= 15 is 0 Å². The molecule has 1 aromatic heterocycles. The number of carbonyl (C=O) groups is 1. The molecule has 1 atom stereocenters. The second-order valence-corrected chi connectivity index (χ2v) is 6.17. The Bertz CT molecular complexity index is 698. The minimum atomic E-state index is -0.832. The van der Waals surface area contributed by atoms with Crippen molar-refractivity contribution in [2.24, 2.45) is 0 Å². The third-order valence-electron chi connectivity index (χ3n) is 2.80. The lowest BCUT2D eigenvalue weighted by Gasteiger charge is -2.13. The molecule has 0 radical (unpaired) electrons. The highest BCUT2D eigenvalue weighted by molar-refractivity contribution is 7.18. The van der Waals surface area contributed by atoms with Crippen LogP contribution >= 0.6 is 22.9 Å². The van der Waals surface area contributed by atoms with E-state index in [9.17, 15) is 14.9 Å². The first kappa shape index (κ1) is 15.5. The summed E-state index contributed by atoms with van der Waals surface area (Å²) in [5, 5.41) is 11.0. The molecule has 0 aliphatic rings. The molecule has 0 saturated heterocycles. The largest absolute Gasteiger partial charge is 0.475 e. The third kappa shape index (κ3) is 3.59. The number of carbonyl (C=O) groups excluding carboxylic acids is 1. The summed E-state index contributed by atoms with van der Waals surface area (Å²) < 4.78 is 5.97. The molecule has 0 saturated carbocycles. The number of benzene rings is 1. The van der Waals surface area contributed by atoms with Gasteiger partial charge in [-0.15, -0.1) is 11.3 Å². The van der Waals surface area contributed by atoms with Gasteiger partial charge >= 0.3 is 5.69 Å². The van der Waals surface area contributed by atoms with Crippen LogP contribution in [-0.4, -0.2) is 16.8 Å². The lowest BCUT2D eigenvalue weighted by molar-refractivity contribution is -0.386. The molecular formula is C14H12ClNO4S. The average molecular weight is 326 g/mol. The topological polar surface area (TPSA) is 69.4 Å². The van der Waals surface area contributed by atoms with Crippen LogP contribution in [0.25, 0.3) is 0 Å². The summed E-state index contributed by atoms with van der Waals surface area (Å²) in [6.45, 7) is 3.30. The van der Waals surface area contributed by atoms with Crippen LogP contribution in [0.1, 0.15) is 22.2 Å². The van der Waals surface area contributed by atoms with E-state index in [0.29, 0.717) is 9.21 Å². The second-order valence-electron chi connectivity index (χ2n) is 4.46. The Hall–Kier alpha value is -1.92. The van der Waals surface area contributed by atoms with Gasteiger partial charge in [-0.1, -0.05) is 17.7 Å². The van der Waals surface area contributed by atoms with Gasteiger partial charge in [0.2, 0.25) is 5.78 Å². The van der Waals surface area contributed by atoms with Gasteiger partial charge in [0.05, 0.1) is 14.1 Å². The molecule has 1 unspecified atom stereocenters. The number of ether oxygens (including phenoxy) is 1. The Morgan fingerprint density at radius 2 is 2.10 bits per heavy atom. The van der Waals surface area contributed by atoms with Gasteiger partial charge in [0.15, 0.2) is 11.9 Å². The number of halogens is 1. The highest BCUT2D eigenvalue weighted by Gasteiger charge is 2.23. The molecule has 110 valence electrons. The normalized spacial score (nSPS) is 12.0. The molecule has 0 amide bonds. The third-order valence-corrected chi connectivity index (χ3v) is 4.05. The minimum absolute atomic E-state index is 0.0779. The first-order valence-corrected chi connectivity index (χ1v) is 7.29. The number of aryl methyl sites for hydroxylation is 1. The zero-order valence-electron chi connectivity index (χ0n) is 11.3. The highest BCUT2D eigenvalue weighted by Crippen LogP contribution is 2.30. The molecule has 0 aliphatic carbocycles. The number of Topliss-reactive ketones (excluding diaryl/α,β-unsaturated/α-hetero) is 1. The predicted octanol–water partition coefficient (Wildman–Crippen LogP) is 4.27. The first-order chi connectivity index (χ1) is 9.88. The van der Waals surface area contributed by atoms with Crippen molar-refractivity contribution in [2.45, 2.75) is 20.0 Å². The Balaban J connectivity index is 2.21. The van der Waals surface area contributed by atoms with Crippen molar-refractivity contribution < 1.29 is 14.5 Å². The summed E-state index contributed by atoms with van der Waals surface area (Å²) in [4.78, 5) is 23.1. The first-order valence-electron chi connectivity index (χ1n) is 6.09. The summed E-state index contributed by atoms with van der Waals surface area (Å²) in [6.07, 6.45) is -0.832. The number of ketones is 1. The van der Waals surface area contributed by atoms with Crippen LogP contribution in [0, 0.1) is 17.0 Å². The quantitative estimate of drug-likeness (QED) is 0.467. The molecule has 5 nitrogen and oxygen atoms in total. The number of rotatable bonds is 5. The summed E-state index contributed by atoms with van der Waals surface area (Å²) in [6, 6.07) is 7.84. The molecule has 0 spiro atoms. The van der Waals surface area contributed by atoms with Gasteiger partial charge in [0.25, 0.3) is 0 Å². The number of hydrogen-bond donors (Lipinski definition) is 0. The minimum Gasteiger partial charge on any atom is -0.475 e. The maximum Gasteiger partial charge on any atom is 0.311 e. The van der Waals surface area contributed by atoms with E-state index in [0.717, 1.165) is 16.9 Å². The zero-order chi connectivity index (χ0) is 15.6. The van der Waals surface area contributed by atoms with E-state index in [2.05, 4.69) is 0 Å². The fourth-order valence-electron chi connectivity index (χ4n) is 1.76. The maximum atomic E-state index is 12.2. The molecule has 21 heavy (non-hydrogen) atoms. The monoisotopic (exact) mass is 325 g/mol. The van der Waals surface area contributed by atoms with E-state index in [1.807, 2.05) is 0 Å². The Labute approximate surface area is 130 Å². The van der Waals surface area contributed by atoms with Crippen molar-refractivity contribution in [2.75, 3.05) is 0 Å². The van der Waals surface area contributed by atoms with Gasteiger partial charge in [0.1, 0.15) is 0 Å². The molecule has 0 N–H and O–H groups in total. The molecule has 1 aromatic carbocycles. The molecule has 2 rings (SSSR count). The SMILES string of the molecule is Cc1ccc(OC(C)C(=O)c2ccc(Cl)s2)c([N+](=O)[O-])c1. The van der Waals surface area contributed by atoms with Crippen LogP contribution < -0.4 is 4.74 Å². The summed E-state index contributed by atoms with van der Waals surface area (Å²) in [5.41, 5.74) is 0.594. The fourth-order valence-corrected chi connectivity index (χ4v) is 2.82. The Morgan fingerprint density at radius 1 is 1.38 bits per heavy atom. The molecule has 0 bridgehead atoms. The second kappa shape index (κ2) is 6.24. The highest BCUT2D eigenvalue weighted by atomic mass is 35.5. The predicted molar refractivity (Wildman–Crippen MR) is 81.6 cm³/mol. The van der Waals surface area contributed by atoms with Crippen LogP contribution in [0.5, 0.6) is 5.75 Å². The van der Waals surface area contributed by atoms with Crippen molar-refractivity contribution in [3.05, 3.63) is 55.2 Å². The van der Waals surface area contributed by atoms with Gasteiger partial charge in [-0.2, -0.15) is 0 Å². The summed E-state index contributed by atoms with van der Waals surface area (Å²) in [7, 11) is 0. The number of thiophene rings is 1. The van der Waals surface area contributed by atoms with Gasteiger partial charge in [-0.25, -0.2) is 0 Å². The van der Waals surface area contributed by atoms with Gasteiger partial charge in [0, 0.05) is 6.07 Å². The fraction of sp³-hybridized carbons (Fsp3) is 0.214. The van der Waals surface area contributed by atoms with E-state index in [1.165, 1.54) is 12.1 Å². The molecule has 2 aromatic rings. The molecular weight excluding hydrogens is 314 g/mol. The zero-order valence-corrected chi connectivity index (χ0v) is 12.9. The van der Waals surface area contributed by atoms with E-state index in [4.69, 9.17) is 16.3 Å². The standard InChI is InChI=1S/C14H12ClNO4S/c1-8-3-4-11(10(7-8)16(18)19)20-9(2)14(17)12-5-6-13(15)21-12/h3-7,9H,1-2H3. The number of hydrogen-bond acceptors (Lipinski definition) is 5. The van der Waals surface area contributed by atoms with E-state index < -0.39 is 11.0 Å². The van der Waals surface area contributed by atoms with Crippen LogP contribution in [0.15, 0.2) is 30.3 Å². The number of nitro benzene ring substituents is 1. The van der Waals surface area contributed by atoms with Gasteiger partial charge < -0.3 is 4.74 Å². The molecule has 1 heterocycles. The van der Waals surface area contributed by atoms with Crippen molar-refractivity contribution in [1.82, 2.24) is 0 Å². The maximum absolute atomic E-state index is 12.2. The van der Waals surface area contributed by atoms with Crippen molar-refractivity contribution in [3.63, 3.8) is 0 Å². The van der Waals surface area contributed by atoms with E-state index in [-0.39, 0.29) is 17.2 Å². The number of nitro groups is 1. The average Bonchev–Trinajstić information content (AvgIpc) is 2.86.